The van der Waals surface area contributed by atoms with Crippen molar-refractivity contribution in [2.45, 2.75) is 84.7 Å². The number of para-hydroxylation sites is 5. The van der Waals surface area contributed by atoms with Crippen molar-refractivity contribution >= 4 is 75.2 Å². The summed E-state index contributed by atoms with van der Waals surface area (Å²) >= 11 is -10.6. The maximum atomic E-state index is 12.0. The Morgan fingerprint density at radius 2 is 0.820 bits per heavy atom. The number of hydrogen-bond donors (Lipinski definition) is 18. The van der Waals surface area contributed by atoms with E-state index < -0.39 is 102 Å². The molecule has 674 valence electrons. The molecular formula is C52H95AsCl2FN16O32Pt5Se2-11. The first kappa shape index (κ1) is 173. The fourth-order valence-electron chi connectivity index (χ4n) is 4.49. The number of aromatic amines is 1. The molecule has 0 spiro atoms. The molecule has 0 bridgehead atoms. The van der Waals surface area contributed by atoms with Crippen LogP contribution in [0.25, 0.3) is 54.9 Å². The summed E-state index contributed by atoms with van der Waals surface area (Å²) in [6, 6.07) is 34.5. The van der Waals surface area contributed by atoms with Crippen molar-refractivity contribution in [3.8, 4) is 28.7 Å². The molecule has 48 nitrogen and oxygen atoms in total. The van der Waals surface area contributed by atoms with Gasteiger partial charge in [0.1, 0.15) is 5.75 Å². The van der Waals surface area contributed by atoms with Crippen LogP contribution in [-0.2, 0) is 123 Å². The Labute approximate surface area is 725 Å². The first-order chi connectivity index (χ1) is 45.0. The van der Waals surface area contributed by atoms with Gasteiger partial charge < -0.3 is 176 Å². The molecule has 0 aliphatic carbocycles. The maximum absolute atomic E-state index is 12.0. The minimum atomic E-state index is -3.75. The van der Waals surface area contributed by atoms with Crippen LogP contribution in [0.4, 0.5) is 4.39 Å². The molecule has 0 amide bonds. The number of aliphatic carboxylic acids is 2. The molecule has 0 saturated heterocycles. The molecule has 5 aromatic carbocycles. The summed E-state index contributed by atoms with van der Waals surface area (Å²) in [7, 11) is 9.75. The van der Waals surface area contributed by atoms with Crippen molar-refractivity contribution in [3.05, 3.63) is 302 Å². The average Bonchev–Trinajstić information content (AvgIpc) is 0.884. The number of aromatic nitrogens is 2. The number of nitrogens with one attached hydrogen (secondary N) is 2. The predicted octanol–water partition coefficient (Wildman–Crippen LogP) is 11.0. The van der Waals surface area contributed by atoms with Gasteiger partial charge in [-0.15, -0.1) is 26.7 Å². The molecule has 0 saturated carbocycles. The second kappa shape index (κ2) is 123. The van der Waals surface area contributed by atoms with Gasteiger partial charge in [-0.2, -0.15) is 12.5 Å². The van der Waals surface area contributed by atoms with Crippen LogP contribution in [0, 0.1) is 83.6 Å². The van der Waals surface area contributed by atoms with Crippen LogP contribution in [-0.4, -0.2) is 151 Å². The summed E-state index contributed by atoms with van der Waals surface area (Å²) < 4.78 is 79.2. The van der Waals surface area contributed by atoms with E-state index in [1.54, 1.807) is 62.4 Å². The Kier molecular flexibility index (Phi) is 192. The summed E-state index contributed by atoms with van der Waals surface area (Å²) in [4.78, 5) is 86.2. The van der Waals surface area contributed by atoms with Crippen LogP contribution >= 0.6 is 18.8 Å². The SMILES string of the molecule is CC(C)Cc1ccc(C(C)C(=O)O)cc1.C[Se](O)(O)O.Cc1ccc(C(C)C(=O)O)cc1.O.O=N[O-].O=N[O-].O=N[O-].O=N[O-].O=N[O-].O=c1[n-]c(=O)c(F)c[nH]1.OCc1ccccc1O.O[As](O)O.O[SeH](O)O.Oc1ccccc1O.Oc1ccccc1O.[CH2-]CC(C)[NH-].[CH3-].[Cl][Pt][Cl].[NH2-].[NH2-].[NH2-].[NH2-].[NH2-].[NH2-].[NH2-].[NH2-].[Pt+2].[Pt+2].[Pt+2].[Pt]. The number of aromatic hydroxyl groups is 5. The normalized spacial score (nSPS) is 8.74. The summed E-state index contributed by atoms with van der Waals surface area (Å²) in [6.07, 6.45) is 2.44. The Morgan fingerprint density at radius 3 is 0.982 bits per heavy atom. The smallest absolute Gasteiger partial charge is 0.693 e. The number of aryl methyl sites for hydroxylation is 1. The second-order valence-electron chi connectivity index (χ2n) is 16.4. The first-order valence-corrected chi connectivity index (χ1v) is 39.3. The molecule has 111 heavy (non-hydrogen) atoms. The number of hydrogen-bond acceptors (Lipinski definition) is 34. The van der Waals surface area contributed by atoms with E-state index in [0.29, 0.717) is 17.7 Å². The van der Waals surface area contributed by atoms with Gasteiger partial charge >= 0.3 is 198 Å². The van der Waals surface area contributed by atoms with Crippen molar-refractivity contribution < 1.29 is 198 Å². The number of phenols is 5. The number of rotatable bonds is 8. The Morgan fingerprint density at radius 1 is 0.604 bits per heavy atom. The zero-order valence-corrected chi connectivity index (χ0v) is 77.2. The second-order valence-corrected chi connectivity index (χ2v) is 25.3. The van der Waals surface area contributed by atoms with Crippen molar-refractivity contribution in [2.24, 2.45) is 32.6 Å². The average molecular weight is 2750 g/mol. The number of halogens is 3. The summed E-state index contributed by atoms with van der Waals surface area (Å²) in [5, 5.41) is 115. The van der Waals surface area contributed by atoms with Gasteiger partial charge in [0.15, 0.2) is 34.5 Å². The third-order valence-corrected chi connectivity index (χ3v) is 8.53. The van der Waals surface area contributed by atoms with Gasteiger partial charge in [0, 0.05) is 26.6 Å². The quantitative estimate of drug-likeness (QED) is 0.0221. The van der Waals surface area contributed by atoms with E-state index in [-0.39, 0.29) is 188 Å². The Bertz CT molecular complexity index is 2890. The number of nitrogens with two attached hydrogens (primary N) is 8. The Hall–Kier alpha value is -5.53. The fourth-order valence-corrected chi connectivity index (χ4v) is 4.49. The van der Waals surface area contributed by atoms with Gasteiger partial charge in [0.05, 0.1) is 18.4 Å². The number of carbonyl (C=O) groups is 2. The number of aliphatic hydroxyl groups is 1. The van der Waals surface area contributed by atoms with Gasteiger partial charge in [-0.3, -0.25) is 19.2 Å². The van der Waals surface area contributed by atoms with Gasteiger partial charge in [0.2, 0.25) is 5.56 Å². The van der Waals surface area contributed by atoms with Crippen LogP contribution in [0.15, 0.2) is 164 Å². The summed E-state index contributed by atoms with van der Waals surface area (Å²) in [5.74, 6) is -1.94. The number of benzene rings is 5. The summed E-state index contributed by atoms with van der Waals surface area (Å²) in [5.41, 5.74) is 9.52. The number of H-pyrrole nitrogens is 1. The number of carboxylic acids is 2. The molecule has 1 heterocycles. The van der Waals surface area contributed by atoms with E-state index in [4.69, 9.17) is 153 Å². The molecule has 0 radical (unpaired) electrons. The fraction of sp³-hybridized carbons (Fsp3) is 0.269. The molecule has 0 aliphatic heterocycles. The first-order valence-electron chi connectivity index (χ1n) is 24.6. The van der Waals surface area contributed by atoms with Gasteiger partial charge in [-0.05, 0) is 86.3 Å². The van der Waals surface area contributed by atoms with E-state index >= 15 is 0 Å². The number of aliphatic hydroxyl groups excluding tert-OH is 1. The topological polar surface area (TPSA) is 1030 Å². The van der Waals surface area contributed by atoms with Crippen LogP contribution in [0.2, 0.25) is 5.82 Å². The van der Waals surface area contributed by atoms with Crippen molar-refractivity contribution in [3.63, 3.8) is 0 Å². The van der Waals surface area contributed by atoms with Crippen molar-refractivity contribution in [1.29, 1.82) is 0 Å². The van der Waals surface area contributed by atoms with E-state index in [1.165, 1.54) is 29.8 Å². The molecule has 37 N–H and O–H groups in total. The molecule has 0 aliphatic rings. The number of nitrogens with zero attached hydrogens (tertiary/aromatic N) is 6. The van der Waals surface area contributed by atoms with Gasteiger partial charge in [-0.25, -0.2) is 4.39 Å². The molecular weight excluding hydrogens is 2660 g/mol. The number of carboxylic acid groups (broad SMARTS) is 2. The molecule has 3 atom stereocenters. The third kappa shape index (κ3) is 154. The van der Waals surface area contributed by atoms with E-state index in [1.807, 2.05) is 67.4 Å². The molecule has 1 aromatic heterocycles. The van der Waals surface area contributed by atoms with Crippen LogP contribution in [0.3, 0.4) is 0 Å². The molecule has 6 aromatic rings. The zero-order valence-electron chi connectivity index (χ0n) is 58.9. The number of phenolic OH excluding ortho intramolecular Hbond substituents is 4. The van der Waals surface area contributed by atoms with Crippen LogP contribution in [0.1, 0.15) is 80.7 Å². The molecule has 3 unspecified atom stereocenters. The third-order valence-electron chi connectivity index (χ3n) is 8.53. The van der Waals surface area contributed by atoms with Gasteiger partial charge in [-0.1, -0.05) is 117 Å². The van der Waals surface area contributed by atoms with Crippen molar-refractivity contribution in [2.75, 3.05) is 0 Å². The molecule has 59 heteroatoms. The molecule has 0 fully saturated rings. The summed E-state index contributed by atoms with van der Waals surface area (Å²) in [6.45, 7) is 14.9. The van der Waals surface area contributed by atoms with Crippen LogP contribution in [0.5, 0.6) is 28.7 Å². The standard InChI is InChI=1S/C13H18O2.C10H12O2.C7H8O2.2C6H6O2.C4H3FN2O2.C4H9N.CH6O3Se.CH3.AsH3O3.2ClH.5HNO2.8H2N.H4O3Se.H2O.5Pt/c1-9(2)8-11-4-6-12(7-5-11)10(3)13(14)15;1-7-3-5-9(6-4-7)8(2)10(11)12;8-5-6-3-1-2-4-7(6)9;2*7-5-3-1-2-4-6(5)8;5-2-1-6-4(9)7-3(2)8;1-3-4(2)5;1-5(2,3)4;;2-1(3)4;;;5*2-1-3;;;;;;;;;1-4(2)3;;;;;;/h4-7,9-10H,8H2,1-3H3,(H,14,15);3-6,8H,1-2H3,(H,11,12);1-4,8-9H,5H2;2*1-4,7-8H;1H,(H2,6,7,8,9);4-5H,1,3H2,2H3;2-4H,1H3;1H3;2-4H;2*1H;5*(H,2,3);8*1H2;1-4H;1H2;;;;;/q;;;;;;-2;;-1;;;;;;;;;8*-1;;;;4*+2/p-8. The predicted molar refractivity (Wildman–Crippen MR) is 407 cm³/mol. The monoisotopic (exact) mass is 2750 g/mol. The maximum Gasteiger partial charge on any atom is 2.00 e. The minimum absolute atomic E-state index is 0. The van der Waals surface area contributed by atoms with Gasteiger partial charge in [0.25, 0.3) is 0 Å². The van der Waals surface area contributed by atoms with E-state index in [2.05, 4.69) is 25.8 Å². The Balaban J connectivity index is -0.0000000337. The minimum Gasteiger partial charge on any atom is -0.693 e. The molecule has 6 rings (SSSR count). The van der Waals surface area contributed by atoms with E-state index in [9.17, 15) is 23.6 Å². The largest absolute Gasteiger partial charge is 2.00 e. The van der Waals surface area contributed by atoms with Crippen molar-refractivity contribution in [1.82, 2.24) is 9.97 Å². The zero-order chi connectivity index (χ0) is 78.3. The van der Waals surface area contributed by atoms with Crippen LogP contribution < -0.4 is 16.2 Å². The van der Waals surface area contributed by atoms with E-state index in [0.717, 1.165) is 62.1 Å².